The van der Waals surface area contributed by atoms with E-state index in [2.05, 4.69) is 15.3 Å². The molecule has 0 bridgehead atoms. The van der Waals surface area contributed by atoms with Crippen LogP contribution in [0.15, 0.2) is 6.33 Å². The van der Waals surface area contributed by atoms with Gasteiger partial charge >= 0.3 is 0 Å². The number of H-pyrrole nitrogens is 1. The van der Waals surface area contributed by atoms with E-state index in [4.69, 9.17) is 9.47 Å². The highest BCUT2D eigenvalue weighted by molar-refractivity contribution is 5.07. The molecule has 0 atom stereocenters. The lowest BCUT2D eigenvalue weighted by Gasteiger charge is -2.05. The number of nitrogens with zero attached hydrogens (tertiary/aromatic N) is 1. The Hall–Kier alpha value is -0.910. The van der Waals surface area contributed by atoms with E-state index >= 15 is 0 Å². The van der Waals surface area contributed by atoms with Crippen LogP contribution in [-0.2, 0) is 16.0 Å². The van der Waals surface area contributed by atoms with Crippen LogP contribution in [0.25, 0.3) is 0 Å². The second-order valence-electron chi connectivity index (χ2n) is 3.61. The second-order valence-corrected chi connectivity index (χ2v) is 3.61. The third-order valence-electron chi connectivity index (χ3n) is 2.30. The van der Waals surface area contributed by atoms with Crippen LogP contribution in [0.2, 0.25) is 0 Å². The summed E-state index contributed by atoms with van der Waals surface area (Å²) >= 11 is 0. The summed E-state index contributed by atoms with van der Waals surface area (Å²) in [6.45, 7) is 5.90. The quantitative estimate of drug-likeness (QED) is 0.614. The first-order valence-corrected chi connectivity index (χ1v) is 5.61. The van der Waals surface area contributed by atoms with E-state index < -0.39 is 0 Å². The third-order valence-corrected chi connectivity index (χ3v) is 2.30. The van der Waals surface area contributed by atoms with Crippen molar-refractivity contribution in [3.63, 3.8) is 0 Å². The molecule has 0 saturated heterocycles. The number of nitrogens with one attached hydrogen (secondary N) is 2. The van der Waals surface area contributed by atoms with E-state index in [0.717, 1.165) is 37.5 Å². The van der Waals surface area contributed by atoms with E-state index in [9.17, 15) is 0 Å². The summed E-state index contributed by atoms with van der Waals surface area (Å²) in [5.41, 5.74) is 2.21. The molecule has 2 N–H and O–H groups in total. The number of rotatable bonds is 9. The van der Waals surface area contributed by atoms with Gasteiger partial charge in [-0.15, -0.1) is 0 Å². The molecule has 16 heavy (non-hydrogen) atoms. The number of hydrogen-bond donors (Lipinski definition) is 2. The Balaban J connectivity index is 1.91. The highest BCUT2D eigenvalue weighted by Gasteiger charge is 1.98. The largest absolute Gasteiger partial charge is 0.382 e. The average Bonchev–Trinajstić information content (AvgIpc) is 2.68. The maximum atomic E-state index is 5.35. The second kappa shape index (κ2) is 8.27. The van der Waals surface area contributed by atoms with Gasteiger partial charge in [0.05, 0.1) is 25.2 Å². The Kier molecular flexibility index (Phi) is 6.80. The molecule has 92 valence electrons. The zero-order valence-corrected chi connectivity index (χ0v) is 10.1. The molecule has 0 radical (unpaired) electrons. The van der Waals surface area contributed by atoms with E-state index in [-0.39, 0.29) is 0 Å². The van der Waals surface area contributed by atoms with E-state index in [0.29, 0.717) is 13.2 Å². The molecule has 0 fully saturated rings. The summed E-state index contributed by atoms with van der Waals surface area (Å²) in [6, 6.07) is 0. The molecule has 0 spiro atoms. The van der Waals surface area contributed by atoms with Crippen LogP contribution in [0.3, 0.4) is 0 Å². The van der Waals surface area contributed by atoms with Crippen LogP contribution < -0.4 is 5.32 Å². The SMILES string of the molecule is COCCOCCCNCc1nc[nH]c1C. The van der Waals surface area contributed by atoms with Crippen molar-refractivity contribution in [3.05, 3.63) is 17.7 Å². The monoisotopic (exact) mass is 227 g/mol. The molecule has 1 aromatic heterocycles. The molecular formula is C11H21N3O2. The molecule has 1 rings (SSSR count). The summed E-state index contributed by atoms with van der Waals surface area (Å²) in [6.07, 6.45) is 2.73. The van der Waals surface area contributed by atoms with Gasteiger partial charge in [-0.3, -0.25) is 0 Å². The average molecular weight is 227 g/mol. The fraction of sp³-hybridized carbons (Fsp3) is 0.727. The Bertz CT molecular complexity index is 276. The van der Waals surface area contributed by atoms with Crippen molar-refractivity contribution < 1.29 is 9.47 Å². The summed E-state index contributed by atoms with van der Waals surface area (Å²) < 4.78 is 10.2. The van der Waals surface area contributed by atoms with Gasteiger partial charge in [0.15, 0.2) is 0 Å². The van der Waals surface area contributed by atoms with Crippen molar-refractivity contribution in [3.8, 4) is 0 Å². The van der Waals surface area contributed by atoms with Gasteiger partial charge < -0.3 is 19.8 Å². The molecule has 1 heterocycles. The Morgan fingerprint density at radius 1 is 1.38 bits per heavy atom. The predicted molar refractivity (Wildman–Crippen MR) is 62.3 cm³/mol. The molecule has 5 heteroatoms. The van der Waals surface area contributed by atoms with Crippen LogP contribution in [-0.4, -0.2) is 43.4 Å². The Labute approximate surface area is 96.6 Å². The van der Waals surface area contributed by atoms with Gasteiger partial charge in [0.2, 0.25) is 0 Å². The third kappa shape index (κ3) is 5.25. The molecule has 0 amide bonds. The molecule has 0 unspecified atom stereocenters. The number of hydrogen-bond acceptors (Lipinski definition) is 4. The molecule has 0 aliphatic heterocycles. The standard InChI is InChI=1S/C11H21N3O2/c1-10-11(14-9-13-10)8-12-4-3-5-16-7-6-15-2/h9,12H,3-8H2,1-2H3,(H,13,14). The Morgan fingerprint density at radius 2 is 2.25 bits per heavy atom. The summed E-state index contributed by atoms with van der Waals surface area (Å²) in [5.74, 6) is 0. The lowest BCUT2D eigenvalue weighted by atomic mass is 10.3. The van der Waals surface area contributed by atoms with Crippen molar-refractivity contribution >= 4 is 0 Å². The fourth-order valence-electron chi connectivity index (χ4n) is 1.32. The normalized spacial score (nSPS) is 10.9. The molecule has 1 aromatic rings. The molecule has 0 aliphatic rings. The Morgan fingerprint density at radius 3 is 2.94 bits per heavy atom. The van der Waals surface area contributed by atoms with E-state index in [1.54, 1.807) is 13.4 Å². The van der Waals surface area contributed by atoms with Gasteiger partial charge in [0.25, 0.3) is 0 Å². The molecule has 0 aliphatic carbocycles. The lowest BCUT2D eigenvalue weighted by Crippen LogP contribution is -2.17. The van der Waals surface area contributed by atoms with Gasteiger partial charge in [-0.2, -0.15) is 0 Å². The van der Waals surface area contributed by atoms with Crippen molar-refractivity contribution in [2.75, 3.05) is 33.5 Å². The first kappa shape index (κ1) is 13.2. The van der Waals surface area contributed by atoms with Crippen LogP contribution >= 0.6 is 0 Å². The van der Waals surface area contributed by atoms with Crippen molar-refractivity contribution in [1.29, 1.82) is 0 Å². The van der Waals surface area contributed by atoms with Crippen LogP contribution in [0.1, 0.15) is 17.8 Å². The van der Waals surface area contributed by atoms with E-state index in [1.165, 1.54) is 0 Å². The number of ether oxygens (including phenoxy) is 2. The molecular weight excluding hydrogens is 206 g/mol. The maximum Gasteiger partial charge on any atom is 0.0925 e. The highest BCUT2D eigenvalue weighted by atomic mass is 16.5. The number of aromatic nitrogens is 2. The van der Waals surface area contributed by atoms with Crippen molar-refractivity contribution in [1.82, 2.24) is 15.3 Å². The topological polar surface area (TPSA) is 59.2 Å². The smallest absolute Gasteiger partial charge is 0.0925 e. The van der Waals surface area contributed by atoms with Crippen molar-refractivity contribution in [2.45, 2.75) is 19.9 Å². The molecule has 0 saturated carbocycles. The minimum absolute atomic E-state index is 0.667. The lowest BCUT2D eigenvalue weighted by molar-refractivity contribution is 0.0694. The minimum atomic E-state index is 0.667. The van der Waals surface area contributed by atoms with Crippen LogP contribution in [0.4, 0.5) is 0 Å². The van der Waals surface area contributed by atoms with Crippen molar-refractivity contribution in [2.24, 2.45) is 0 Å². The first-order chi connectivity index (χ1) is 7.84. The number of imidazole rings is 1. The van der Waals surface area contributed by atoms with E-state index in [1.807, 2.05) is 6.92 Å². The molecule has 5 nitrogen and oxygen atoms in total. The van der Waals surface area contributed by atoms with Gasteiger partial charge in [-0.05, 0) is 19.9 Å². The van der Waals surface area contributed by atoms with Crippen LogP contribution in [0.5, 0.6) is 0 Å². The summed E-state index contributed by atoms with van der Waals surface area (Å²) in [4.78, 5) is 7.26. The number of aromatic amines is 1. The van der Waals surface area contributed by atoms with Gasteiger partial charge in [0.1, 0.15) is 0 Å². The van der Waals surface area contributed by atoms with Gasteiger partial charge in [-0.1, -0.05) is 0 Å². The predicted octanol–water partition coefficient (Wildman–Crippen LogP) is 0.861. The molecule has 0 aromatic carbocycles. The minimum Gasteiger partial charge on any atom is -0.382 e. The maximum absolute atomic E-state index is 5.35. The zero-order chi connectivity index (χ0) is 11.6. The summed E-state index contributed by atoms with van der Waals surface area (Å²) in [7, 11) is 1.68. The van der Waals surface area contributed by atoms with Crippen LogP contribution in [0, 0.1) is 6.92 Å². The highest BCUT2D eigenvalue weighted by Crippen LogP contribution is 1.98. The number of aryl methyl sites for hydroxylation is 1. The number of methoxy groups -OCH3 is 1. The van der Waals surface area contributed by atoms with Gasteiger partial charge in [-0.25, -0.2) is 4.98 Å². The fourth-order valence-corrected chi connectivity index (χ4v) is 1.32. The zero-order valence-electron chi connectivity index (χ0n) is 10.1. The summed E-state index contributed by atoms with van der Waals surface area (Å²) in [5, 5.41) is 3.33. The first-order valence-electron chi connectivity index (χ1n) is 5.61. The van der Waals surface area contributed by atoms with Gasteiger partial charge in [0, 0.05) is 26.0 Å².